The lowest BCUT2D eigenvalue weighted by Gasteiger charge is -2.31. The molecule has 1 aliphatic rings. The maximum atomic E-state index is 9.10. The largest absolute Gasteiger partial charge is 0.473 e. The van der Waals surface area contributed by atoms with Gasteiger partial charge in [-0.1, -0.05) is 54.6 Å². The maximum absolute atomic E-state index is 9.10. The fourth-order valence-electron chi connectivity index (χ4n) is 3.56. The zero-order valence-electron chi connectivity index (χ0n) is 16.5. The molecule has 150 valence electrons. The standard InChI is InChI=1S/C20H25NO.C2H2O4/c1-16-18-12-7-8-13-19(18)20(22-16,14-9-15-21(2)3)17-10-5-4-6-11-17;3-1(4)2(5)6/h4-8,10-13,16H,9,14-15H2,1-3H3;(H,3,4)(H,5,6). The summed E-state index contributed by atoms with van der Waals surface area (Å²) in [5.74, 6) is -3.65. The first-order chi connectivity index (χ1) is 13.3. The summed E-state index contributed by atoms with van der Waals surface area (Å²) in [6.45, 7) is 3.24. The molecule has 0 bridgehead atoms. The van der Waals surface area contributed by atoms with Crippen LogP contribution in [0.5, 0.6) is 0 Å². The number of ether oxygens (including phenoxy) is 1. The van der Waals surface area contributed by atoms with Gasteiger partial charge in [-0.2, -0.15) is 0 Å². The lowest BCUT2D eigenvalue weighted by atomic mass is 9.82. The third-order valence-electron chi connectivity index (χ3n) is 4.77. The highest BCUT2D eigenvalue weighted by atomic mass is 16.5. The van der Waals surface area contributed by atoms with Crippen LogP contribution in [0.4, 0.5) is 0 Å². The van der Waals surface area contributed by atoms with Crippen LogP contribution in [0.3, 0.4) is 0 Å². The zero-order chi connectivity index (χ0) is 20.7. The summed E-state index contributed by atoms with van der Waals surface area (Å²) >= 11 is 0. The van der Waals surface area contributed by atoms with E-state index in [4.69, 9.17) is 24.5 Å². The predicted molar refractivity (Wildman–Crippen MR) is 106 cm³/mol. The molecule has 6 heteroatoms. The van der Waals surface area contributed by atoms with Crippen molar-refractivity contribution in [1.82, 2.24) is 4.90 Å². The number of nitrogens with zero attached hydrogens (tertiary/aromatic N) is 1. The van der Waals surface area contributed by atoms with Crippen molar-refractivity contribution >= 4 is 11.9 Å². The lowest BCUT2D eigenvalue weighted by Crippen LogP contribution is -2.29. The van der Waals surface area contributed by atoms with Gasteiger partial charge in [0, 0.05) is 0 Å². The van der Waals surface area contributed by atoms with Gasteiger partial charge in [-0.3, -0.25) is 0 Å². The van der Waals surface area contributed by atoms with Gasteiger partial charge in [-0.05, 0) is 57.1 Å². The van der Waals surface area contributed by atoms with Gasteiger partial charge in [-0.15, -0.1) is 0 Å². The molecule has 2 aromatic carbocycles. The Bertz CT molecular complexity index is 794. The van der Waals surface area contributed by atoms with E-state index < -0.39 is 11.9 Å². The summed E-state index contributed by atoms with van der Waals surface area (Å²) in [6.07, 6.45) is 2.27. The summed E-state index contributed by atoms with van der Waals surface area (Å²) in [5.41, 5.74) is 3.64. The van der Waals surface area contributed by atoms with E-state index >= 15 is 0 Å². The van der Waals surface area contributed by atoms with E-state index in [0.717, 1.165) is 19.4 Å². The molecule has 0 saturated heterocycles. The van der Waals surface area contributed by atoms with Gasteiger partial charge in [0.15, 0.2) is 0 Å². The second-order valence-corrected chi connectivity index (χ2v) is 7.06. The molecule has 0 amide bonds. The highest BCUT2D eigenvalue weighted by molar-refractivity contribution is 6.27. The third-order valence-corrected chi connectivity index (χ3v) is 4.77. The molecule has 6 nitrogen and oxygen atoms in total. The van der Waals surface area contributed by atoms with Gasteiger partial charge in [0.25, 0.3) is 0 Å². The highest BCUT2D eigenvalue weighted by Gasteiger charge is 2.44. The van der Waals surface area contributed by atoms with Crippen molar-refractivity contribution in [2.75, 3.05) is 20.6 Å². The molecule has 0 spiro atoms. The van der Waals surface area contributed by atoms with Crippen LogP contribution in [0.15, 0.2) is 54.6 Å². The van der Waals surface area contributed by atoms with E-state index in [1.165, 1.54) is 16.7 Å². The molecule has 28 heavy (non-hydrogen) atoms. The van der Waals surface area contributed by atoms with Crippen LogP contribution >= 0.6 is 0 Å². The molecule has 0 aromatic heterocycles. The lowest BCUT2D eigenvalue weighted by molar-refractivity contribution is -0.159. The Morgan fingerprint density at radius 3 is 2.14 bits per heavy atom. The van der Waals surface area contributed by atoms with Crippen LogP contribution in [0.25, 0.3) is 0 Å². The summed E-state index contributed by atoms with van der Waals surface area (Å²) < 4.78 is 6.57. The minimum atomic E-state index is -1.82. The molecule has 0 radical (unpaired) electrons. The van der Waals surface area contributed by atoms with Crippen LogP contribution in [-0.4, -0.2) is 47.7 Å². The molecule has 0 saturated carbocycles. The Hall–Kier alpha value is -2.70. The van der Waals surface area contributed by atoms with Crippen molar-refractivity contribution in [3.05, 3.63) is 71.3 Å². The first-order valence-electron chi connectivity index (χ1n) is 9.21. The molecule has 2 N–H and O–H groups in total. The fraction of sp³-hybridized carbons (Fsp3) is 0.364. The van der Waals surface area contributed by atoms with Gasteiger partial charge in [0.2, 0.25) is 0 Å². The monoisotopic (exact) mass is 385 g/mol. The Kier molecular flexibility index (Phi) is 7.31. The van der Waals surface area contributed by atoms with E-state index in [1.54, 1.807) is 0 Å². The summed E-state index contributed by atoms with van der Waals surface area (Å²) in [6, 6.07) is 19.4. The first kappa shape index (κ1) is 21.6. The molecule has 0 aliphatic carbocycles. The van der Waals surface area contributed by atoms with Gasteiger partial charge in [0.05, 0.1) is 6.10 Å². The summed E-state index contributed by atoms with van der Waals surface area (Å²) in [7, 11) is 4.25. The van der Waals surface area contributed by atoms with Crippen LogP contribution in [0.1, 0.15) is 42.6 Å². The second kappa shape index (κ2) is 9.48. The smallest absolute Gasteiger partial charge is 0.414 e. The number of carboxylic acids is 2. The van der Waals surface area contributed by atoms with Crippen LogP contribution < -0.4 is 0 Å². The molecular formula is C22H27NO5. The number of aliphatic carboxylic acids is 2. The Balaban J connectivity index is 0.000000409. The highest BCUT2D eigenvalue weighted by Crippen LogP contribution is 2.49. The average Bonchev–Trinajstić information content (AvgIpc) is 2.96. The number of hydrogen-bond donors (Lipinski definition) is 2. The molecular weight excluding hydrogens is 358 g/mol. The molecule has 0 fully saturated rings. The Morgan fingerprint density at radius 2 is 1.57 bits per heavy atom. The number of hydrogen-bond acceptors (Lipinski definition) is 4. The number of carbonyl (C=O) groups is 2. The van der Waals surface area contributed by atoms with E-state index in [9.17, 15) is 0 Å². The zero-order valence-corrected chi connectivity index (χ0v) is 16.5. The minimum Gasteiger partial charge on any atom is -0.473 e. The Morgan fingerprint density at radius 1 is 1.00 bits per heavy atom. The number of rotatable bonds is 5. The van der Waals surface area contributed by atoms with Gasteiger partial charge < -0.3 is 19.8 Å². The van der Waals surface area contributed by atoms with Crippen molar-refractivity contribution in [2.45, 2.75) is 31.5 Å². The van der Waals surface area contributed by atoms with Crippen LogP contribution in [0.2, 0.25) is 0 Å². The third kappa shape index (κ3) is 4.97. The van der Waals surface area contributed by atoms with E-state index in [2.05, 4.69) is 80.5 Å². The van der Waals surface area contributed by atoms with Gasteiger partial charge in [0.1, 0.15) is 5.60 Å². The number of benzene rings is 2. The summed E-state index contributed by atoms with van der Waals surface area (Å²) in [4.78, 5) is 20.4. The van der Waals surface area contributed by atoms with Crippen molar-refractivity contribution < 1.29 is 24.5 Å². The fourth-order valence-corrected chi connectivity index (χ4v) is 3.56. The number of carboxylic acid groups (broad SMARTS) is 2. The first-order valence-corrected chi connectivity index (χ1v) is 9.21. The maximum Gasteiger partial charge on any atom is 0.414 e. The average molecular weight is 385 g/mol. The van der Waals surface area contributed by atoms with Crippen molar-refractivity contribution in [2.24, 2.45) is 0 Å². The quantitative estimate of drug-likeness (QED) is 0.766. The second-order valence-electron chi connectivity index (χ2n) is 7.06. The topological polar surface area (TPSA) is 87.1 Å². The van der Waals surface area contributed by atoms with Crippen LogP contribution in [-0.2, 0) is 19.9 Å². The SMILES string of the molecule is CC1OC(CCCN(C)C)(c2ccccc2)c2ccccc21.O=C(O)C(=O)O. The molecule has 2 atom stereocenters. The van der Waals surface area contributed by atoms with E-state index in [0.29, 0.717) is 0 Å². The number of fused-ring (bicyclic) bond motifs is 1. The Labute approximate surface area is 165 Å². The van der Waals surface area contributed by atoms with Crippen molar-refractivity contribution in [3.63, 3.8) is 0 Å². The van der Waals surface area contributed by atoms with Gasteiger partial charge >= 0.3 is 11.9 Å². The van der Waals surface area contributed by atoms with E-state index in [-0.39, 0.29) is 11.7 Å². The normalized spacial score (nSPS) is 20.2. The molecule has 3 rings (SSSR count). The van der Waals surface area contributed by atoms with Gasteiger partial charge in [-0.25, -0.2) is 9.59 Å². The van der Waals surface area contributed by atoms with Crippen molar-refractivity contribution in [3.8, 4) is 0 Å². The molecule has 1 aliphatic heterocycles. The van der Waals surface area contributed by atoms with Crippen molar-refractivity contribution in [1.29, 1.82) is 0 Å². The minimum absolute atomic E-state index is 0.149. The molecule has 2 aromatic rings. The van der Waals surface area contributed by atoms with E-state index in [1.807, 2.05) is 0 Å². The molecule has 2 unspecified atom stereocenters. The molecule has 1 heterocycles. The summed E-state index contributed by atoms with van der Waals surface area (Å²) in [5, 5.41) is 14.8. The van der Waals surface area contributed by atoms with Crippen LogP contribution in [0, 0.1) is 0 Å². The predicted octanol–water partition coefficient (Wildman–Crippen LogP) is 3.52.